The average Bonchev–Trinajstić information content (AvgIpc) is 3.05. The van der Waals surface area contributed by atoms with Gasteiger partial charge >= 0.3 is 0 Å². The van der Waals surface area contributed by atoms with Crippen LogP contribution in [0, 0.1) is 5.92 Å². The van der Waals surface area contributed by atoms with Crippen LogP contribution in [0.5, 0.6) is 0 Å². The fraction of sp³-hybridized carbons (Fsp3) is 0.875. The van der Waals surface area contributed by atoms with Gasteiger partial charge < -0.3 is 14.6 Å². The van der Waals surface area contributed by atoms with Crippen molar-refractivity contribution < 1.29 is 9.26 Å². The van der Waals surface area contributed by atoms with Crippen molar-refractivity contribution in [1.29, 1.82) is 0 Å². The summed E-state index contributed by atoms with van der Waals surface area (Å²) in [5.74, 6) is 2.46. The Hall–Kier alpha value is -0.940. The zero-order chi connectivity index (χ0) is 14.7. The van der Waals surface area contributed by atoms with E-state index < -0.39 is 0 Å². The highest BCUT2D eigenvalue weighted by Crippen LogP contribution is 2.39. The number of rotatable bonds is 4. The van der Waals surface area contributed by atoms with E-state index in [1.54, 1.807) is 0 Å². The molecule has 1 N–H and O–H groups in total. The molecule has 0 radical (unpaired) electrons. The third-order valence-electron chi connectivity index (χ3n) is 5.02. The summed E-state index contributed by atoms with van der Waals surface area (Å²) in [4.78, 5) is 4.76. The zero-order valence-electron chi connectivity index (χ0n) is 13.2. The minimum atomic E-state index is -0.317. The number of hydrogen-bond donors (Lipinski definition) is 1. The van der Waals surface area contributed by atoms with Crippen LogP contribution in [-0.2, 0) is 10.3 Å². The molecule has 3 rings (SSSR count). The van der Waals surface area contributed by atoms with Crippen LogP contribution in [0.3, 0.4) is 0 Å². The van der Waals surface area contributed by atoms with Crippen molar-refractivity contribution in [2.75, 3.05) is 19.7 Å². The third-order valence-corrected chi connectivity index (χ3v) is 5.02. The molecule has 2 unspecified atom stereocenters. The Morgan fingerprint density at radius 3 is 2.62 bits per heavy atom. The maximum Gasteiger partial charge on any atom is 0.231 e. The van der Waals surface area contributed by atoms with E-state index in [9.17, 15) is 0 Å². The quantitative estimate of drug-likeness (QED) is 0.865. The third kappa shape index (κ3) is 2.99. The molecule has 2 heterocycles. The lowest BCUT2D eigenvalue weighted by Gasteiger charge is -2.29. The van der Waals surface area contributed by atoms with E-state index in [-0.39, 0.29) is 5.60 Å². The number of nitrogens with one attached hydrogen (secondary N) is 1. The van der Waals surface area contributed by atoms with Crippen LogP contribution in [0.4, 0.5) is 0 Å². The fourth-order valence-electron chi connectivity index (χ4n) is 3.72. The van der Waals surface area contributed by atoms with Gasteiger partial charge in [0.15, 0.2) is 0 Å². The van der Waals surface area contributed by atoms with E-state index in [1.807, 2.05) is 0 Å². The van der Waals surface area contributed by atoms with Gasteiger partial charge in [-0.1, -0.05) is 37.8 Å². The van der Waals surface area contributed by atoms with Crippen LogP contribution in [-0.4, -0.2) is 29.8 Å². The summed E-state index contributed by atoms with van der Waals surface area (Å²) in [5.41, 5.74) is -0.317. The second-order valence-electron chi connectivity index (χ2n) is 6.54. The first-order valence-corrected chi connectivity index (χ1v) is 8.44. The van der Waals surface area contributed by atoms with E-state index in [0.29, 0.717) is 18.4 Å². The predicted octanol–water partition coefficient (Wildman–Crippen LogP) is 2.98. The Morgan fingerprint density at radius 1 is 1.24 bits per heavy atom. The van der Waals surface area contributed by atoms with Crippen LogP contribution in [0.1, 0.15) is 70.0 Å². The molecular formula is C16H27N3O2. The van der Waals surface area contributed by atoms with Crippen molar-refractivity contribution in [3.8, 4) is 0 Å². The molecule has 2 fully saturated rings. The lowest BCUT2D eigenvalue weighted by atomic mass is 9.93. The zero-order valence-corrected chi connectivity index (χ0v) is 13.2. The Labute approximate surface area is 126 Å². The summed E-state index contributed by atoms with van der Waals surface area (Å²) in [6.07, 6.45) is 6.96. The van der Waals surface area contributed by atoms with E-state index in [4.69, 9.17) is 14.2 Å². The summed E-state index contributed by atoms with van der Waals surface area (Å²) in [6, 6.07) is 0. The summed E-state index contributed by atoms with van der Waals surface area (Å²) >= 11 is 0. The van der Waals surface area contributed by atoms with Gasteiger partial charge in [0.25, 0.3) is 0 Å². The van der Waals surface area contributed by atoms with Crippen LogP contribution >= 0.6 is 0 Å². The van der Waals surface area contributed by atoms with E-state index in [1.165, 1.54) is 25.7 Å². The number of nitrogens with zero attached hydrogens (tertiary/aromatic N) is 2. The largest absolute Gasteiger partial charge is 0.367 e. The van der Waals surface area contributed by atoms with Crippen LogP contribution in [0.2, 0.25) is 0 Å². The first kappa shape index (κ1) is 15.0. The van der Waals surface area contributed by atoms with Gasteiger partial charge in [0, 0.05) is 13.2 Å². The molecule has 2 atom stereocenters. The highest BCUT2D eigenvalue weighted by molar-refractivity contribution is 5.07. The number of ether oxygens (including phenoxy) is 1. The fourth-order valence-corrected chi connectivity index (χ4v) is 3.72. The topological polar surface area (TPSA) is 60.2 Å². The van der Waals surface area contributed by atoms with Gasteiger partial charge in [-0.25, -0.2) is 0 Å². The molecule has 21 heavy (non-hydrogen) atoms. The highest BCUT2D eigenvalue weighted by Gasteiger charge is 2.39. The molecule has 1 saturated heterocycles. The first-order valence-electron chi connectivity index (χ1n) is 8.44. The van der Waals surface area contributed by atoms with Gasteiger partial charge in [0.05, 0.1) is 5.92 Å². The van der Waals surface area contributed by atoms with Gasteiger partial charge in [-0.05, 0) is 32.2 Å². The van der Waals surface area contributed by atoms with Crippen molar-refractivity contribution >= 4 is 0 Å². The number of hydrogen-bond acceptors (Lipinski definition) is 5. The SMILES string of the molecule is CCOC1(c2noc(C3CNCC3C)n2)CCCCCC1. The Bertz CT molecular complexity index is 452. The summed E-state index contributed by atoms with van der Waals surface area (Å²) in [7, 11) is 0. The molecular weight excluding hydrogens is 266 g/mol. The van der Waals surface area contributed by atoms with Gasteiger partial charge in [0.1, 0.15) is 5.60 Å². The van der Waals surface area contributed by atoms with Crippen LogP contribution in [0.15, 0.2) is 4.52 Å². The average molecular weight is 293 g/mol. The second kappa shape index (κ2) is 6.44. The highest BCUT2D eigenvalue weighted by atomic mass is 16.5. The van der Waals surface area contributed by atoms with Crippen molar-refractivity contribution in [3.05, 3.63) is 11.7 Å². The minimum absolute atomic E-state index is 0.317. The van der Waals surface area contributed by atoms with Gasteiger partial charge in [-0.15, -0.1) is 0 Å². The van der Waals surface area contributed by atoms with Crippen LogP contribution < -0.4 is 5.32 Å². The lowest BCUT2D eigenvalue weighted by molar-refractivity contribution is -0.0636. The molecule has 1 aromatic rings. The maximum absolute atomic E-state index is 6.14. The normalized spacial score (nSPS) is 29.4. The molecule has 1 aliphatic carbocycles. The lowest BCUT2D eigenvalue weighted by Crippen LogP contribution is -2.31. The first-order chi connectivity index (χ1) is 10.2. The second-order valence-corrected chi connectivity index (χ2v) is 6.54. The molecule has 2 aliphatic rings. The van der Waals surface area contributed by atoms with Gasteiger partial charge in [-0.3, -0.25) is 0 Å². The van der Waals surface area contributed by atoms with E-state index in [0.717, 1.165) is 37.6 Å². The maximum atomic E-state index is 6.14. The Kier molecular flexibility index (Phi) is 4.60. The van der Waals surface area contributed by atoms with E-state index in [2.05, 4.69) is 24.3 Å². The summed E-state index contributed by atoms with van der Waals surface area (Å²) in [5, 5.41) is 7.71. The molecule has 0 bridgehead atoms. The minimum Gasteiger partial charge on any atom is -0.367 e. The van der Waals surface area contributed by atoms with Gasteiger partial charge in [-0.2, -0.15) is 4.98 Å². The molecule has 0 amide bonds. The smallest absolute Gasteiger partial charge is 0.231 e. The number of aromatic nitrogens is 2. The Balaban J connectivity index is 1.84. The standard InChI is InChI=1S/C16H27N3O2/c1-3-20-16(8-6-4-5-7-9-16)15-18-14(21-19-15)13-11-17-10-12(13)2/h12-13,17H,3-11H2,1-2H3. The van der Waals surface area contributed by atoms with Gasteiger partial charge in [0.2, 0.25) is 11.7 Å². The Morgan fingerprint density at radius 2 is 2.00 bits per heavy atom. The molecule has 1 aromatic heterocycles. The molecule has 1 aliphatic heterocycles. The monoisotopic (exact) mass is 293 g/mol. The molecule has 118 valence electrons. The van der Waals surface area contributed by atoms with Crippen molar-refractivity contribution in [2.24, 2.45) is 5.92 Å². The van der Waals surface area contributed by atoms with Crippen molar-refractivity contribution in [2.45, 2.75) is 63.9 Å². The molecule has 1 saturated carbocycles. The van der Waals surface area contributed by atoms with Crippen molar-refractivity contribution in [1.82, 2.24) is 15.5 Å². The summed E-state index contributed by atoms with van der Waals surface area (Å²) < 4.78 is 11.7. The van der Waals surface area contributed by atoms with Crippen molar-refractivity contribution in [3.63, 3.8) is 0 Å². The summed E-state index contributed by atoms with van der Waals surface area (Å²) in [6.45, 7) is 6.95. The predicted molar refractivity (Wildman–Crippen MR) is 80.1 cm³/mol. The molecule has 0 spiro atoms. The van der Waals surface area contributed by atoms with Crippen LogP contribution in [0.25, 0.3) is 0 Å². The molecule has 0 aromatic carbocycles. The molecule has 5 heteroatoms. The van der Waals surface area contributed by atoms with E-state index >= 15 is 0 Å². The molecule has 5 nitrogen and oxygen atoms in total.